The standard InChI is InChI=1S/C28H44N2O6/c1-6-33-26(31)19(2)35-25-12-8-7-10-22(25)20-13-15-21(16-14-20)34-18-24-23(11-9-17-29-24)30-27(32)36-28(3,4)5/h7-8,10,12,19-21,23-24,29H,6,9,11,13-18H2,1-5H3,(H,30,32)/t19-,20?,21?,23?,24+/m1/s1. The van der Waals surface area contributed by atoms with E-state index in [1.54, 1.807) is 13.8 Å². The number of alkyl carbamates (subject to hydrolysis) is 1. The van der Waals surface area contributed by atoms with E-state index in [1.165, 1.54) is 0 Å². The predicted octanol–water partition coefficient (Wildman–Crippen LogP) is 4.71. The quantitative estimate of drug-likeness (QED) is 0.471. The Labute approximate surface area is 215 Å². The van der Waals surface area contributed by atoms with Crippen LogP contribution in [0.2, 0.25) is 0 Å². The minimum Gasteiger partial charge on any atom is -0.479 e. The molecular weight excluding hydrogens is 460 g/mol. The normalized spacial score (nSPS) is 25.5. The fraction of sp³-hybridized carbons (Fsp3) is 0.714. The number of nitrogens with one attached hydrogen (secondary N) is 2. The van der Waals surface area contributed by atoms with Crippen LogP contribution >= 0.6 is 0 Å². The maximum absolute atomic E-state index is 12.3. The van der Waals surface area contributed by atoms with Gasteiger partial charge in [-0.25, -0.2) is 9.59 Å². The van der Waals surface area contributed by atoms with Crippen LogP contribution in [0.5, 0.6) is 5.75 Å². The second-order valence-electron chi connectivity index (χ2n) is 10.8. The molecule has 3 rings (SSSR count). The highest BCUT2D eigenvalue weighted by molar-refractivity contribution is 5.74. The van der Waals surface area contributed by atoms with Gasteiger partial charge < -0.3 is 29.6 Å². The lowest BCUT2D eigenvalue weighted by Gasteiger charge is -2.36. The molecule has 1 saturated carbocycles. The van der Waals surface area contributed by atoms with Gasteiger partial charge >= 0.3 is 12.1 Å². The van der Waals surface area contributed by atoms with Gasteiger partial charge in [0.05, 0.1) is 25.4 Å². The van der Waals surface area contributed by atoms with Gasteiger partial charge in [0.2, 0.25) is 0 Å². The van der Waals surface area contributed by atoms with Crippen molar-refractivity contribution >= 4 is 12.1 Å². The number of carbonyl (C=O) groups is 2. The largest absolute Gasteiger partial charge is 0.479 e. The number of benzene rings is 1. The van der Waals surface area contributed by atoms with E-state index in [2.05, 4.69) is 16.7 Å². The Kier molecular flexibility index (Phi) is 10.4. The molecule has 0 radical (unpaired) electrons. The minimum atomic E-state index is -0.643. The number of hydrogen-bond donors (Lipinski definition) is 2. The first kappa shape index (κ1) is 28.3. The van der Waals surface area contributed by atoms with Crippen LogP contribution in [-0.4, -0.2) is 61.7 Å². The van der Waals surface area contributed by atoms with E-state index in [9.17, 15) is 9.59 Å². The van der Waals surface area contributed by atoms with Crippen LogP contribution in [0.15, 0.2) is 24.3 Å². The molecule has 1 heterocycles. The van der Waals surface area contributed by atoms with Gasteiger partial charge in [-0.1, -0.05) is 18.2 Å². The lowest BCUT2D eigenvalue weighted by molar-refractivity contribution is -0.150. The fourth-order valence-electron chi connectivity index (χ4n) is 4.96. The first-order valence-corrected chi connectivity index (χ1v) is 13.4. The highest BCUT2D eigenvalue weighted by atomic mass is 16.6. The van der Waals surface area contributed by atoms with E-state index in [4.69, 9.17) is 18.9 Å². The summed E-state index contributed by atoms with van der Waals surface area (Å²) in [7, 11) is 0. The summed E-state index contributed by atoms with van der Waals surface area (Å²) in [6.45, 7) is 11.0. The van der Waals surface area contributed by atoms with Crippen LogP contribution in [0.25, 0.3) is 0 Å². The van der Waals surface area contributed by atoms with E-state index in [0.29, 0.717) is 19.1 Å². The smallest absolute Gasteiger partial charge is 0.407 e. The van der Waals surface area contributed by atoms with Crippen LogP contribution in [0.4, 0.5) is 4.79 Å². The van der Waals surface area contributed by atoms with Crippen molar-refractivity contribution in [2.24, 2.45) is 0 Å². The summed E-state index contributed by atoms with van der Waals surface area (Å²) >= 11 is 0. The molecule has 8 heteroatoms. The molecule has 0 aromatic heterocycles. The molecule has 2 N–H and O–H groups in total. The van der Waals surface area contributed by atoms with Crippen LogP contribution in [0.3, 0.4) is 0 Å². The fourth-order valence-corrected chi connectivity index (χ4v) is 4.96. The molecule has 8 nitrogen and oxygen atoms in total. The Morgan fingerprint density at radius 2 is 1.83 bits per heavy atom. The number of rotatable bonds is 9. The SMILES string of the molecule is CCOC(=O)[C@@H](C)Oc1ccccc1C1CCC(OC[C@@H]2NCCCC2NC(=O)OC(C)(C)C)CC1. The minimum absolute atomic E-state index is 0.00430. The molecular formula is C28H44N2O6. The van der Waals surface area contributed by atoms with Gasteiger partial charge in [-0.15, -0.1) is 0 Å². The van der Waals surface area contributed by atoms with Crippen molar-refractivity contribution < 1.29 is 28.5 Å². The molecule has 1 amide bonds. The molecule has 0 spiro atoms. The number of piperidine rings is 1. The zero-order chi connectivity index (χ0) is 26.1. The molecule has 1 aromatic carbocycles. The lowest BCUT2D eigenvalue weighted by atomic mass is 9.82. The van der Waals surface area contributed by atoms with Gasteiger partial charge in [0.15, 0.2) is 6.10 Å². The van der Waals surface area contributed by atoms with Crippen LogP contribution in [0, 0.1) is 0 Å². The van der Waals surface area contributed by atoms with Crippen molar-refractivity contribution in [1.29, 1.82) is 0 Å². The molecule has 1 aromatic rings. The molecule has 1 aliphatic heterocycles. The van der Waals surface area contributed by atoms with E-state index in [1.807, 2.05) is 39.0 Å². The summed E-state index contributed by atoms with van der Waals surface area (Å²) in [5.41, 5.74) is 0.625. The van der Waals surface area contributed by atoms with Crippen molar-refractivity contribution in [1.82, 2.24) is 10.6 Å². The lowest BCUT2D eigenvalue weighted by Crippen LogP contribution is -2.56. The molecule has 2 aliphatic rings. The third-order valence-electron chi connectivity index (χ3n) is 6.75. The van der Waals surface area contributed by atoms with E-state index in [-0.39, 0.29) is 30.3 Å². The molecule has 36 heavy (non-hydrogen) atoms. The average molecular weight is 505 g/mol. The highest BCUT2D eigenvalue weighted by Crippen LogP contribution is 2.38. The molecule has 1 unspecified atom stereocenters. The van der Waals surface area contributed by atoms with Crippen LogP contribution in [-0.2, 0) is 19.0 Å². The molecule has 202 valence electrons. The van der Waals surface area contributed by atoms with Gasteiger partial charge in [0.25, 0.3) is 0 Å². The van der Waals surface area contributed by atoms with Crippen LogP contribution < -0.4 is 15.4 Å². The number of ether oxygens (including phenoxy) is 4. The van der Waals surface area contributed by atoms with Crippen LogP contribution in [0.1, 0.15) is 84.6 Å². The highest BCUT2D eigenvalue weighted by Gasteiger charge is 2.31. The number of hydrogen-bond acceptors (Lipinski definition) is 7. The summed E-state index contributed by atoms with van der Waals surface area (Å²) < 4.78 is 22.8. The Bertz CT molecular complexity index is 847. The average Bonchev–Trinajstić information content (AvgIpc) is 2.83. The van der Waals surface area contributed by atoms with E-state index < -0.39 is 11.7 Å². The first-order valence-electron chi connectivity index (χ1n) is 13.4. The van der Waals surface area contributed by atoms with Gasteiger partial charge in [-0.05, 0) is 97.2 Å². The summed E-state index contributed by atoms with van der Waals surface area (Å²) in [5, 5.41) is 6.53. The van der Waals surface area contributed by atoms with Gasteiger partial charge in [-0.3, -0.25) is 0 Å². The Balaban J connectivity index is 1.49. The van der Waals surface area contributed by atoms with E-state index in [0.717, 1.165) is 56.4 Å². The zero-order valence-electron chi connectivity index (χ0n) is 22.5. The van der Waals surface area contributed by atoms with E-state index >= 15 is 0 Å². The summed E-state index contributed by atoms with van der Waals surface area (Å²) in [4.78, 5) is 24.3. The van der Waals surface area contributed by atoms with Crippen molar-refractivity contribution in [3.05, 3.63) is 29.8 Å². The monoisotopic (exact) mass is 504 g/mol. The third-order valence-corrected chi connectivity index (χ3v) is 6.75. The summed E-state index contributed by atoms with van der Waals surface area (Å²) in [5.74, 6) is 0.773. The Morgan fingerprint density at radius 3 is 2.53 bits per heavy atom. The molecule has 3 atom stereocenters. The summed E-state index contributed by atoms with van der Waals surface area (Å²) in [6, 6.07) is 8.05. The number of carbonyl (C=O) groups excluding carboxylic acids is 2. The van der Waals surface area contributed by atoms with Crippen molar-refractivity contribution in [2.45, 2.75) is 109 Å². The Morgan fingerprint density at radius 1 is 1.11 bits per heavy atom. The van der Waals surface area contributed by atoms with Gasteiger partial charge in [-0.2, -0.15) is 0 Å². The second kappa shape index (κ2) is 13.3. The van der Waals surface area contributed by atoms with Gasteiger partial charge in [0.1, 0.15) is 11.4 Å². The topological polar surface area (TPSA) is 95.1 Å². The number of amides is 1. The van der Waals surface area contributed by atoms with Crippen molar-refractivity contribution in [3.63, 3.8) is 0 Å². The second-order valence-corrected chi connectivity index (χ2v) is 10.8. The number of esters is 1. The molecule has 0 bridgehead atoms. The van der Waals surface area contributed by atoms with Gasteiger partial charge in [0, 0.05) is 6.04 Å². The maximum atomic E-state index is 12.3. The molecule has 1 aliphatic carbocycles. The predicted molar refractivity (Wildman–Crippen MR) is 138 cm³/mol. The molecule has 2 fully saturated rings. The maximum Gasteiger partial charge on any atom is 0.407 e. The third kappa shape index (κ3) is 8.66. The molecule has 1 saturated heterocycles. The summed E-state index contributed by atoms with van der Waals surface area (Å²) in [6.07, 6.45) is 5.01. The van der Waals surface area contributed by atoms with Crippen molar-refractivity contribution in [2.75, 3.05) is 19.8 Å². The first-order chi connectivity index (χ1) is 17.2. The zero-order valence-corrected chi connectivity index (χ0v) is 22.5. The Hall–Kier alpha value is -2.32. The van der Waals surface area contributed by atoms with Crippen molar-refractivity contribution in [3.8, 4) is 5.75 Å². The number of para-hydroxylation sites is 1.